The van der Waals surface area contributed by atoms with Crippen LogP contribution in [0.1, 0.15) is 18.1 Å². The first kappa shape index (κ1) is 15.7. The van der Waals surface area contributed by atoms with Crippen LogP contribution in [0.25, 0.3) is 0 Å². The van der Waals surface area contributed by atoms with Crippen molar-refractivity contribution in [1.82, 2.24) is 4.31 Å². The zero-order chi connectivity index (χ0) is 15.5. The van der Waals surface area contributed by atoms with Gasteiger partial charge >= 0.3 is 0 Å². The highest BCUT2D eigenvalue weighted by Crippen LogP contribution is 2.19. The van der Waals surface area contributed by atoms with Crippen LogP contribution in [0.5, 0.6) is 0 Å². The predicted octanol–water partition coefficient (Wildman–Crippen LogP) is 3.34. The molecule has 2 rings (SSSR count). The average Bonchev–Trinajstić information content (AvgIpc) is 2.45. The second-order valence-corrected chi connectivity index (χ2v) is 6.81. The lowest BCUT2D eigenvalue weighted by Gasteiger charge is -2.20. The number of rotatable bonds is 5. The minimum atomic E-state index is -3.57. The van der Waals surface area contributed by atoms with Gasteiger partial charge in [0.05, 0.1) is 4.90 Å². The van der Waals surface area contributed by atoms with Crippen LogP contribution >= 0.6 is 0 Å². The second kappa shape index (κ2) is 6.37. The van der Waals surface area contributed by atoms with E-state index in [1.165, 1.54) is 16.4 Å². The van der Waals surface area contributed by atoms with Gasteiger partial charge in [0.15, 0.2) is 0 Å². The van der Waals surface area contributed by atoms with E-state index >= 15 is 0 Å². The molecule has 0 radical (unpaired) electrons. The van der Waals surface area contributed by atoms with Crippen molar-refractivity contribution in [2.45, 2.75) is 25.3 Å². The molecule has 0 aliphatic carbocycles. The fourth-order valence-corrected chi connectivity index (χ4v) is 3.50. The Morgan fingerprint density at radius 3 is 2.33 bits per heavy atom. The lowest BCUT2D eigenvalue weighted by Crippen LogP contribution is -2.30. The maximum absolute atomic E-state index is 13.2. The minimum absolute atomic E-state index is 0.157. The van der Waals surface area contributed by atoms with Crippen molar-refractivity contribution >= 4 is 10.0 Å². The SMILES string of the molecule is CCN(Cc1cccc(F)c1)S(=O)(=O)c1ccc(C)cc1. The summed E-state index contributed by atoms with van der Waals surface area (Å²) in [6, 6.07) is 12.7. The maximum atomic E-state index is 13.2. The van der Waals surface area contributed by atoms with Gasteiger partial charge in [-0.25, -0.2) is 12.8 Å². The summed E-state index contributed by atoms with van der Waals surface area (Å²) in [6.45, 7) is 4.16. The molecule has 0 atom stereocenters. The van der Waals surface area contributed by atoms with Gasteiger partial charge in [0.1, 0.15) is 5.82 Å². The van der Waals surface area contributed by atoms with Crippen LogP contribution in [0.15, 0.2) is 53.4 Å². The van der Waals surface area contributed by atoms with Crippen molar-refractivity contribution in [3.05, 3.63) is 65.5 Å². The Balaban J connectivity index is 2.29. The van der Waals surface area contributed by atoms with Crippen LogP contribution in [0.4, 0.5) is 4.39 Å². The second-order valence-electron chi connectivity index (χ2n) is 4.87. The molecule has 0 fully saturated rings. The minimum Gasteiger partial charge on any atom is -0.207 e. The van der Waals surface area contributed by atoms with Gasteiger partial charge in [-0.05, 0) is 36.8 Å². The number of hydrogen-bond donors (Lipinski definition) is 0. The third kappa shape index (κ3) is 3.68. The van der Waals surface area contributed by atoms with Crippen molar-refractivity contribution in [2.24, 2.45) is 0 Å². The summed E-state index contributed by atoms with van der Waals surface area (Å²) in [4.78, 5) is 0.256. The van der Waals surface area contributed by atoms with Crippen LogP contribution < -0.4 is 0 Å². The lowest BCUT2D eigenvalue weighted by molar-refractivity contribution is 0.422. The van der Waals surface area contributed by atoms with Gasteiger partial charge in [0.2, 0.25) is 10.0 Å². The van der Waals surface area contributed by atoms with Gasteiger partial charge < -0.3 is 0 Å². The number of aryl methyl sites for hydroxylation is 1. The van der Waals surface area contributed by atoms with Gasteiger partial charge in [0, 0.05) is 13.1 Å². The zero-order valence-electron chi connectivity index (χ0n) is 12.1. The first-order chi connectivity index (χ1) is 9.93. The Labute approximate surface area is 125 Å². The van der Waals surface area contributed by atoms with Gasteiger partial charge in [-0.2, -0.15) is 4.31 Å². The van der Waals surface area contributed by atoms with E-state index in [-0.39, 0.29) is 17.3 Å². The highest BCUT2D eigenvalue weighted by Gasteiger charge is 2.23. The Morgan fingerprint density at radius 2 is 1.76 bits per heavy atom. The van der Waals surface area contributed by atoms with Crippen molar-refractivity contribution in [1.29, 1.82) is 0 Å². The Morgan fingerprint density at radius 1 is 1.10 bits per heavy atom. The van der Waals surface area contributed by atoms with Crippen LogP contribution in [0.3, 0.4) is 0 Å². The first-order valence-corrected chi connectivity index (χ1v) is 8.18. The summed E-state index contributed by atoms with van der Waals surface area (Å²) < 4.78 is 39.7. The zero-order valence-corrected chi connectivity index (χ0v) is 12.9. The molecule has 0 unspecified atom stereocenters. The molecule has 0 saturated heterocycles. The molecule has 2 aromatic carbocycles. The fraction of sp³-hybridized carbons (Fsp3) is 0.250. The number of halogens is 1. The molecule has 0 N–H and O–H groups in total. The largest absolute Gasteiger partial charge is 0.243 e. The van der Waals surface area contributed by atoms with E-state index in [1.54, 1.807) is 43.3 Å². The molecule has 3 nitrogen and oxygen atoms in total. The quantitative estimate of drug-likeness (QED) is 0.849. The number of nitrogens with zero attached hydrogens (tertiary/aromatic N) is 1. The van der Waals surface area contributed by atoms with E-state index in [2.05, 4.69) is 0 Å². The highest BCUT2D eigenvalue weighted by molar-refractivity contribution is 7.89. The summed E-state index contributed by atoms with van der Waals surface area (Å²) in [7, 11) is -3.57. The van der Waals surface area contributed by atoms with E-state index in [4.69, 9.17) is 0 Å². The van der Waals surface area contributed by atoms with Crippen LogP contribution in [0, 0.1) is 12.7 Å². The van der Waals surface area contributed by atoms with Gasteiger partial charge in [-0.1, -0.05) is 36.8 Å². The smallest absolute Gasteiger partial charge is 0.207 e. The molecule has 0 saturated carbocycles. The van der Waals surface area contributed by atoms with Gasteiger partial charge in [0.25, 0.3) is 0 Å². The Hall–Kier alpha value is -1.72. The van der Waals surface area contributed by atoms with Crippen LogP contribution in [0.2, 0.25) is 0 Å². The summed E-state index contributed by atoms with van der Waals surface area (Å²) in [6.07, 6.45) is 0. The molecule has 0 amide bonds. The molecule has 0 aromatic heterocycles. The fourth-order valence-electron chi connectivity index (χ4n) is 2.07. The van der Waals surface area contributed by atoms with E-state index < -0.39 is 10.0 Å². The molecular weight excluding hydrogens is 289 g/mol. The van der Waals surface area contributed by atoms with E-state index in [0.717, 1.165) is 5.56 Å². The number of hydrogen-bond acceptors (Lipinski definition) is 2. The Kier molecular flexibility index (Phi) is 4.75. The van der Waals surface area contributed by atoms with Gasteiger partial charge in [-0.3, -0.25) is 0 Å². The normalized spacial score (nSPS) is 11.8. The average molecular weight is 307 g/mol. The van der Waals surface area contributed by atoms with E-state index in [9.17, 15) is 12.8 Å². The van der Waals surface area contributed by atoms with Crippen LogP contribution in [-0.2, 0) is 16.6 Å². The number of sulfonamides is 1. The molecule has 0 heterocycles. The molecule has 2 aromatic rings. The van der Waals surface area contributed by atoms with Crippen molar-refractivity contribution < 1.29 is 12.8 Å². The molecule has 0 bridgehead atoms. The molecule has 0 spiro atoms. The monoisotopic (exact) mass is 307 g/mol. The third-order valence-electron chi connectivity index (χ3n) is 3.26. The van der Waals surface area contributed by atoms with Crippen molar-refractivity contribution in [3.63, 3.8) is 0 Å². The standard InChI is InChI=1S/C16H18FNO2S/c1-3-18(12-14-5-4-6-15(17)11-14)21(19,20)16-9-7-13(2)8-10-16/h4-11H,3,12H2,1-2H3. The summed E-state index contributed by atoms with van der Waals surface area (Å²) in [5, 5.41) is 0. The Bertz CT molecular complexity index is 711. The lowest BCUT2D eigenvalue weighted by atomic mass is 10.2. The van der Waals surface area contributed by atoms with E-state index in [1.807, 2.05) is 6.92 Å². The maximum Gasteiger partial charge on any atom is 0.243 e. The molecule has 112 valence electrons. The predicted molar refractivity (Wildman–Crippen MR) is 80.8 cm³/mol. The topological polar surface area (TPSA) is 37.4 Å². The van der Waals surface area contributed by atoms with E-state index in [0.29, 0.717) is 12.1 Å². The summed E-state index contributed by atoms with van der Waals surface area (Å²) in [5.41, 5.74) is 1.63. The number of benzene rings is 2. The van der Waals surface area contributed by atoms with Crippen LogP contribution in [-0.4, -0.2) is 19.3 Å². The molecule has 0 aliphatic heterocycles. The molecular formula is C16H18FNO2S. The van der Waals surface area contributed by atoms with Gasteiger partial charge in [-0.15, -0.1) is 0 Å². The summed E-state index contributed by atoms with van der Waals surface area (Å²) >= 11 is 0. The van der Waals surface area contributed by atoms with Crippen molar-refractivity contribution in [3.8, 4) is 0 Å². The first-order valence-electron chi connectivity index (χ1n) is 6.74. The third-order valence-corrected chi connectivity index (χ3v) is 5.19. The summed E-state index contributed by atoms with van der Waals surface area (Å²) in [5.74, 6) is -0.365. The molecule has 21 heavy (non-hydrogen) atoms. The molecule has 5 heteroatoms. The highest BCUT2D eigenvalue weighted by atomic mass is 32.2. The molecule has 0 aliphatic rings. The van der Waals surface area contributed by atoms with Crippen molar-refractivity contribution in [2.75, 3.05) is 6.54 Å².